The Hall–Kier alpha value is -2.25. The number of tetrazole rings is 1. The van der Waals surface area contributed by atoms with E-state index in [1.54, 1.807) is 6.92 Å². The summed E-state index contributed by atoms with van der Waals surface area (Å²) < 4.78 is 8.10. The van der Waals surface area contributed by atoms with Crippen LogP contribution in [0.5, 0.6) is 0 Å². The van der Waals surface area contributed by atoms with Crippen LogP contribution in [0.3, 0.4) is 0 Å². The van der Waals surface area contributed by atoms with Crippen LogP contribution in [0, 0.1) is 0 Å². The second kappa shape index (κ2) is 5.59. The molecule has 2 rings (SSSR count). The largest absolute Gasteiger partial charge is 0.460 e. The fourth-order valence-corrected chi connectivity index (χ4v) is 1.56. The van der Waals surface area contributed by atoms with Crippen molar-refractivity contribution in [3.63, 3.8) is 0 Å². The number of rotatable bonds is 5. The average molecular weight is 264 g/mol. The van der Waals surface area contributed by atoms with Gasteiger partial charge in [0, 0.05) is 12.2 Å². The van der Waals surface area contributed by atoms with Gasteiger partial charge < -0.3 is 4.74 Å². The maximum atomic E-state index is 11.6. The van der Waals surface area contributed by atoms with E-state index in [0.29, 0.717) is 6.54 Å². The van der Waals surface area contributed by atoms with E-state index in [9.17, 15) is 4.79 Å². The molecule has 0 N–H and O–H groups in total. The van der Waals surface area contributed by atoms with Crippen LogP contribution in [0.4, 0.5) is 0 Å². The second-order valence-corrected chi connectivity index (χ2v) is 4.26. The van der Waals surface area contributed by atoms with E-state index in [1.807, 2.05) is 30.8 Å². The van der Waals surface area contributed by atoms with Crippen LogP contribution < -0.4 is 0 Å². The zero-order valence-corrected chi connectivity index (χ0v) is 11.1. The summed E-state index contributed by atoms with van der Waals surface area (Å²) in [6.07, 6.45) is 1.88. The third-order valence-corrected chi connectivity index (χ3v) is 2.49. The molecule has 0 spiro atoms. The predicted molar refractivity (Wildman–Crippen MR) is 65.5 cm³/mol. The minimum Gasteiger partial charge on any atom is -0.460 e. The van der Waals surface area contributed by atoms with Crippen molar-refractivity contribution < 1.29 is 9.53 Å². The van der Waals surface area contributed by atoms with Crippen molar-refractivity contribution in [2.24, 2.45) is 0 Å². The molecule has 2 heterocycles. The first-order chi connectivity index (χ1) is 9.11. The Morgan fingerprint density at radius 3 is 2.89 bits per heavy atom. The summed E-state index contributed by atoms with van der Waals surface area (Å²) in [5.74, 6) is -0.447. The molecule has 0 saturated carbocycles. The van der Waals surface area contributed by atoms with Gasteiger partial charge in [-0.25, -0.2) is 9.48 Å². The Bertz CT molecular complexity index is 559. The minimum absolute atomic E-state index is 0.0842. The van der Waals surface area contributed by atoms with Gasteiger partial charge in [0.15, 0.2) is 0 Å². The summed E-state index contributed by atoms with van der Waals surface area (Å²) in [5, 5.41) is 15.3. The van der Waals surface area contributed by atoms with Crippen LogP contribution in [0.2, 0.25) is 0 Å². The molecule has 0 fully saturated rings. The Morgan fingerprint density at radius 2 is 2.26 bits per heavy atom. The first-order valence-electron chi connectivity index (χ1n) is 6.09. The number of aromatic nitrogens is 6. The lowest BCUT2D eigenvalue weighted by molar-refractivity contribution is 0.0505. The van der Waals surface area contributed by atoms with Crippen molar-refractivity contribution in [2.45, 2.75) is 33.4 Å². The van der Waals surface area contributed by atoms with Crippen molar-refractivity contribution >= 4 is 5.97 Å². The number of hydrogen-bond acceptors (Lipinski definition) is 6. The van der Waals surface area contributed by atoms with Gasteiger partial charge in [0.2, 0.25) is 0 Å². The summed E-state index contributed by atoms with van der Waals surface area (Å²) in [7, 11) is 0. The molecule has 2 aromatic heterocycles. The number of nitrogens with zero attached hydrogens (tertiary/aromatic N) is 6. The molecule has 0 aliphatic rings. The smallest absolute Gasteiger partial charge is 0.378 e. The van der Waals surface area contributed by atoms with Gasteiger partial charge in [-0.3, -0.25) is 4.68 Å². The van der Waals surface area contributed by atoms with E-state index < -0.39 is 5.97 Å². The lowest BCUT2D eigenvalue weighted by atomic mass is 10.4. The number of hydrogen-bond donors (Lipinski definition) is 0. The Balaban J connectivity index is 2.14. The van der Waals surface area contributed by atoms with Gasteiger partial charge >= 0.3 is 5.97 Å². The monoisotopic (exact) mass is 264 g/mol. The van der Waals surface area contributed by atoms with Gasteiger partial charge in [0.05, 0.1) is 18.8 Å². The van der Waals surface area contributed by atoms with Crippen molar-refractivity contribution in [1.82, 2.24) is 30.0 Å². The summed E-state index contributed by atoms with van der Waals surface area (Å²) in [4.78, 5) is 11.6. The Morgan fingerprint density at radius 1 is 1.47 bits per heavy atom. The maximum Gasteiger partial charge on any atom is 0.378 e. The average Bonchev–Trinajstić information content (AvgIpc) is 2.99. The summed E-state index contributed by atoms with van der Waals surface area (Å²) >= 11 is 0. The molecule has 0 unspecified atom stereocenters. The van der Waals surface area contributed by atoms with E-state index >= 15 is 0 Å². The highest BCUT2D eigenvalue weighted by Gasteiger charge is 2.17. The quantitative estimate of drug-likeness (QED) is 0.738. The molecule has 0 saturated heterocycles. The van der Waals surface area contributed by atoms with Crippen molar-refractivity contribution in [1.29, 1.82) is 0 Å². The highest BCUT2D eigenvalue weighted by Crippen LogP contribution is 2.06. The third-order valence-electron chi connectivity index (χ3n) is 2.49. The molecule has 102 valence electrons. The molecule has 0 bridgehead atoms. The van der Waals surface area contributed by atoms with E-state index in [-0.39, 0.29) is 18.5 Å². The van der Waals surface area contributed by atoms with Crippen LogP contribution >= 0.6 is 0 Å². The molecular formula is C11H16N6O2. The van der Waals surface area contributed by atoms with Gasteiger partial charge in [-0.05, 0) is 37.3 Å². The topological polar surface area (TPSA) is 87.7 Å². The molecule has 0 aliphatic heterocycles. The first-order valence-corrected chi connectivity index (χ1v) is 6.09. The summed E-state index contributed by atoms with van der Waals surface area (Å²) in [6.45, 7) is 6.43. The molecule has 2 aromatic rings. The number of esters is 1. The van der Waals surface area contributed by atoms with Gasteiger partial charge in [0.25, 0.3) is 5.82 Å². The molecule has 8 nitrogen and oxygen atoms in total. The van der Waals surface area contributed by atoms with Crippen molar-refractivity contribution in [3.05, 3.63) is 23.8 Å². The summed E-state index contributed by atoms with van der Waals surface area (Å²) in [5.41, 5.74) is 0.784. The van der Waals surface area contributed by atoms with E-state index in [2.05, 4.69) is 20.6 Å². The standard InChI is InChI=1S/C11H16N6O2/c1-4-19-11(18)10-12-14-15-17(10)7-9-5-6-16(13-9)8(2)3/h5-6,8H,4,7H2,1-3H3. The number of ether oxygens (including phenoxy) is 1. The fraction of sp³-hybridized carbons (Fsp3) is 0.545. The van der Waals surface area contributed by atoms with Crippen molar-refractivity contribution in [2.75, 3.05) is 6.61 Å². The van der Waals surface area contributed by atoms with Crippen LogP contribution in [0.1, 0.15) is 43.1 Å². The molecule has 0 atom stereocenters. The second-order valence-electron chi connectivity index (χ2n) is 4.26. The Kier molecular flexibility index (Phi) is 3.88. The van der Waals surface area contributed by atoms with Crippen molar-refractivity contribution in [3.8, 4) is 0 Å². The predicted octanol–water partition coefficient (Wildman–Crippen LogP) is 0.675. The minimum atomic E-state index is -0.532. The van der Waals surface area contributed by atoms with E-state index in [1.165, 1.54) is 4.68 Å². The molecule has 0 amide bonds. The maximum absolute atomic E-state index is 11.6. The van der Waals surface area contributed by atoms with Crippen LogP contribution in [-0.2, 0) is 11.3 Å². The van der Waals surface area contributed by atoms with Crippen LogP contribution in [0.25, 0.3) is 0 Å². The lowest BCUT2D eigenvalue weighted by Gasteiger charge is -2.04. The lowest BCUT2D eigenvalue weighted by Crippen LogP contribution is -2.15. The highest BCUT2D eigenvalue weighted by molar-refractivity contribution is 5.85. The highest BCUT2D eigenvalue weighted by atomic mass is 16.5. The van der Waals surface area contributed by atoms with Crippen LogP contribution in [-0.4, -0.2) is 42.6 Å². The number of carbonyl (C=O) groups excluding carboxylic acids is 1. The van der Waals surface area contributed by atoms with Gasteiger partial charge in [-0.2, -0.15) is 5.10 Å². The molecule has 19 heavy (non-hydrogen) atoms. The molecular weight excluding hydrogens is 248 g/mol. The van der Waals surface area contributed by atoms with E-state index in [0.717, 1.165) is 5.69 Å². The molecule has 8 heteroatoms. The van der Waals surface area contributed by atoms with Gasteiger partial charge in [0.1, 0.15) is 0 Å². The molecule has 0 aliphatic carbocycles. The van der Waals surface area contributed by atoms with Gasteiger partial charge in [-0.1, -0.05) is 0 Å². The zero-order chi connectivity index (χ0) is 13.8. The molecule has 0 radical (unpaired) electrons. The SMILES string of the molecule is CCOC(=O)c1nnnn1Cc1ccn(C(C)C)n1. The number of carbonyl (C=O) groups is 1. The fourth-order valence-electron chi connectivity index (χ4n) is 1.56. The molecule has 0 aromatic carbocycles. The van der Waals surface area contributed by atoms with Gasteiger partial charge in [-0.15, -0.1) is 5.10 Å². The zero-order valence-electron chi connectivity index (χ0n) is 11.1. The normalized spacial score (nSPS) is 10.9. The van der Waals surface area contributed by atoms with E-state index in [4.69, 9.17) is 4.74 Å². The first kappa shape index (κ1) is 13.2. The van der Waals surface area contributed by atoms with Crippen LogP contribution in [0.15, 0.2) is 12.3 Å². The Labute approximate surface area is 110 Å². The summed E-state index contributed by atoms with van der Waals surface area (Å²) in [6, 6.07) is 2.16. The third kappa shape index (κ3) is 2.95.